The third-order valence-corrected chi connectivity index (χ3v) is 7.62. The predicted octanol–water partition coefficient (Wildman–Crippen LogP) is 3.59. The van der Waals surface area contributed by atoms with Gasteiger partial charge in [0.25, 0.3) is 17.4 Å². The van der Waals surface area contributed by atoms with Crippen molar-refractivity contribution in [1.82, 2.24) is 14.9 Å². The number of ether oxygens (including phenoxy) is 1. The molecule has 2 heterocycles. The number of hydrogen-bond donors (Lipinski definition) is 3. The number of nitrogens with one attached hydrogen (secondary N) is 2. The second-order valence-electron chi connectivity index (χ2n) is 10.2. The topological polar surface area (TPSA) is 151 Å². The van der Waals surface area contributed by atoms with Crippen LogP contribution >= 0.6 is 0 Å². The molecular formula is C32H30N4O7. The maximum absolute atomic E-state index is 13.3. The van der Waals surface area contributed by atoms with Gasteiger partial charge in [-0.15, -0.1) is 0 Å². The average molecular weight is 583 g/mol. The summed E-state index contributed by atoms with van der Waals surface area (Å²) in [5.41, 5.74) is -0.573. The van der Waals surface area contributed by atoms with Crippen molar-refractivity contribution in [1.29, 1.82) is 0 Å². The number of carbonyl (C=O) groups is 3. The molecule has 3 aromatic rings. The highest BCUT2D eigenvalue weighted by atomic mass is 16.5. The summed E-state index contributed by atoms with van der Waals surface area (Å²) < 4.78 is 6.49. The van der Waals surface area contributed by atoms with E-state index in [0.29, 0.717) is 16.9 Å². The van der Waals surface area contributed by atoms with Crippen LogP contribution in [0.25, 0.3) is 11.8 Å². The van der Waals surface area contributed by atoms with E-state index in [1.807, 2.05) is 0 Å². The van der Waals surface area contributed by atoms with Crippen molar-refractivity contribution in [2.75, 3.05) is 12.0 Å². The number of aromatic hydroxyl groups is 1. The van der Waals surface area contributed by atoms with Crippen LogP contribution in [0.15, 0.2) is 99.6 Å². The lowest BCUT2D eigenvalue weighted by Gasteiger charge is -2.28. The predicted molar refractivity (Wildman–Crippen MR) is 160 cm³/mol. The van der Waals surface area contributed by atoms with Gasteiger partial charge in [-0.1, -0.05) is 48.6 Å². The first-order chi connectivity index (χ1) is 20.8. The number of rotatable bonds is 7. The molecule has 11 heteroatoms. The van der Waals surface area contributed by atoms with E-state index in [1.54, 1.807) is 79.9 Å². The Bertz CT molecular complexity index is 1750. The molecule has 2 fully saturated rings. The lowest BCUT2D eigenvalue weighted by molar-refractivity contribution is -0.122. The molecule has 0 bridgehead atoms. The number of H-pyrrole nitrogens is 1. The molecule has 0 radical (unpaired) electrons. The van der Waals surface area contributed by atoms with Gasteiger partial charge in [0.1, 0.15) is 11.1 Å². The Labute approximate surface area is 246 Å². The Morgan fingerprint density at radius 1 is 0.907 bits per heavy atom. The number of aromatic amines is 1. The Hall–Kier alpha value is -5.29. The Kier molecular flexibility index (Phi) is 8.63. The van der Waals surface area contributed by atoms with Crippen molar-refractivity contribution in [3.05, 3.63) is 116 Å². The maximum Gasteiger partial charge on any atom is 0.335 e. The molecule has 3 N–H and O–H groups in total. The summed E-state index contributed by atoms with van der Waals surface area (Å²) in [5.74, 6) is -2.15. The van der Waals surface area contributed by atoms with Crippen LogP contribution in [-0.4, -0.2) is 45.7 Å². The SMILES string of the molecule is COC1CCC(C(C=Cc2c(O)n(-c3ccccc3)c(=O)[nH]c2=O)=CC=C2C(=O)NC(=O)N(c3ccccc3)C2=O)CC1. The minimum atomic E-state index is -0.844. The van der Waals surface area contributed by atoms with Gasteiger partial charge in [-0.25, -0.2) is 19.1 Å². The molecule has 1 aliphatic heterocycles. The fourth-order valence-electron chi connectivity index (χ4n) is 5.31. The van der Waals surface area contributed by atoms with Crippen molar-refractivity contribution < 1.29 is 24.2 Å². The number of hydrogen-bond acceptors (Lipinski definition) is 7. The molecular weight excluding hydrogens is 552 g/mol. The molecule has 2 aliphatic rings. The maximum atomic E-state index is 13.3. The Balaban J connectivity index is 1.54. The van der Waals surface area contributed by atoms with Gasteiger partial charge in [0.15, 0.2) is 0 Å². The number of carbonyl (C=O) groups excluding carboxylic acids is 3. The lowest BCUT2D eigenvalue weighted by Crippen LogP contribution is -2.54. The summed E-state index contributed by atoms with van der Waals surface area (Å²) in [6, 6.07) is 15.8. The zero-order valence-corrected chi connectivity index (χ0v) is 23.4. The van der Waals surface area contributed by atoms with E-state index in [0.717, 1.165) is 35.2 Å². The zero-order chi connectivity index (χ0) is 30.5. The summed E-state index contributed by atoms with van der Waals surface area (Å²) in [4.78, 5) is 66.9. The van der Waals surface area contributed by atoms with E-state index in [9.17, 15) is 29.1 Å². The fraction of sp³-hybridized carbons (Fsp3) is 0.219. The number of amides is 4. The summed E-state index contributed by atoms with van der Waals surface area (Å²) in [7, 11) is 1.66. The van der Waals surface area contributed by atoms with E-state index < -0.39 is 35.0 Å². The van der Waals surface area contributed by atoms with Crippen molar-refractivity contribution in [3.8, 4) is 11.6 Å². The van der Waals surface area contributed by atoms with Crippen molar-refractivity contribution in [2.45, 2.75) is 31.8 Å². The number of methoxy groups -OCH3 is 1. The fourth-order valence-corrected chi connectivity index (χ4v) is 5.31. The zero-order valence-electron chi connectivity index (χ0n) is 23.4. The molecule has 1 saturated heterocycles. The molecule has 5 rings (SSSR count). The first-order valence-electron chi connectivity index (χ1n) is 13.8. The summed E-state index contributed by atoms with van der Waals surface area (Å²) >= 11 is 0. The van der Waals surface area contributed by atoms with Gasteiger partial charge in [-0.3, -0.25) is 24.7 Å². The Morgan fingerprint density at radius 2 is 1.53 bits per heavy atom. The third-order valence-electron chi connectivity index (χ3n) is 7.62. The second-order valence-corrected chi connectivity index (χ2v) is 10.2. The number of imide groups is 2. The number of para-hydroxylation sites is 2. The van der Waals surface area contributed by atoms with Crippen molar-refractivity contribution >= 4 is 29.6 Å². The second kappa shape index (κ2) is 12.7. The number of nitrogens with zero attached hydrogens (tertiary/aromatic N) is 2. The van der Waals surface area contributed by atoms with Crippen molar-refractivity contribution in [3.63, 3.8) is 0 Å². The Morgan fingerprint density at radius 3 is 2.16 bits per heavy atom. The molecule has 11 nitrogen and oxygen atoms in total. The summed E-state index contributed by atoms with van der Waals surface area (Å²) in [6.07, 6.45) is 9.14. The average Bonchev–Trinajstić information content (AvgIpc) is 3.00. The van der Waals surface area contributed by atoms with Crippen LogP contribution in [0.2, 0.25) is 0 Å². The smallest absolute Gasteiger partial charge is 0.335 e. The monoisotopic (exact) mass is 582 g/mol. The van der Waals surface area contributed by atoms with Gasteiger partial charge >= 0.3 is 11.7 Å². The summed E-state index contributed by atoms with van der Waals surface area (Å²) in [6.45, 7) is 0. The number of urea groups is 1. The molecule has 0 atom stereocenters. The van der Waals surface area contributed by atoms with Crippen LogP contribution in [0.5, 0.6) is 5.88 Å². The normalized spacial score (nSPS) is 20.6. The molecule has 0 unspecified atom stereocenters. The van der Waals surface area contributed by atoms with E-state index in [1.165, 1.54) is 12.2 Å². The minimum absolute atomic E-state index is 0.0191. The van der Waals surface area contributed by atoms with E-state index in [2.05, 4.69) is 10.3 Å². The van der Waals surface area contributed by atoms with Gasteiger partial charge in [-0.2, -0.15) is 0 Å². The minimum Gasteiger partial charge on any atom is -0.494 e. The van der Waals surface area contributed by atoms with Gasteiger partial charge in [0.05, 0.1) is 17.5 Å². The quantitative estimate of drug-likeness (QED) is 0.219. The molecule has 43 heavy (non-hydrogen) atoms. The van der Waals surface area contributed by atoms with Crippen LogP contribution in [0.4, 0.5) is 10.5 Å². The highest BCUT2D eigenvalue weighted by molar-refractivity contribution is 6.37. The van der Waals surface area contributed by atoms with E-state index in [-0.39, 0.29) is 23.2 Å². The van der Waals surface area contributed by atoms with Gasteiger partial charge in [-0.05, 0) is 73.6 Å². The molecule has 0 spiro atoms. The molecule has 1 aromatic heterocycles. The highest BCUT2D eigenvalue weighted by Crippen LogP contribution is 2.33. The number of allylic oxidation sites excluding steroid dienone is 4. The van der Waals surface area contributed by atoms with Crippen molar-refractivity contribution in [2.24, 2.45) is 5.92 Å². The van der Waals surface area contributed by atoms with Gasteiger partial charge < -0.3 is 9.84 Å². The van der Waals surface area contributed by atoms with Gasteiger partial charge in [0, 0.05) is 7.11 Å². The van der Waals surface area contributed by atoms with Crippen LogP contribution in [-0.2, 0) is 14.3 Å². The largest absolute Gasteiger partial charge is 0.494 e. The standard InChI is InChI=1S/C32H30N4O7/c1-43-24-16-12-20(13-17-24)21(14-18-25-27(37)33-31(41)35(29(25)39)22-8-4-2-5-9-22)15-19-26-28(38)34-32(42)36(30(26)40)23-10-6-3-7-11-23/h2-11,14-15,18-20,24,39H,12-13,16-17H2,1H3,(H,33,37,41)(H,34,38,42). The van der Waals surface area contributed by atoms with Crippen LogP contribution in [0.3, 0.4) is 0 Å². The molecule has 220 valence electrons. The number of aromatic nitrogens is 2. The molecule has 1 saturated carbocycles. The van der Waals surface area contributed by atoms with E-state index in [4.69, 9.17) is 4.74 Å². The third kappa shape index (κ3) is 6.16. The van der Waals surface area contributed by atoms with Gasteiger partial charge in [0.2, 0.25) is 5.88 Å². The molecule has 4 amide bonds. The molecule has 2 aromatic carbocycles. The first-order valence-corrected chi connectivity index (χ1v) is 13.8. The number of barbiturate groups is 1. The van der Waals surface area contributed by atoms with Crippen LogP contribution < -0.4 is 21.5 Å². The lowest BCUT2D eigenvalue weighted by atomic mass is 9.81. The van der Waals surface area contributed by atoms with Crippen LogP contribution in [0.1, 0.15) is 31.2 Å². The molecule has 1 aliphatic carbocycles. The number of benzene rings is 2. The van der Waals surface area contributed by atoms with E-state index >= 15 is 0 Å². The van der Waals surface area contributed by atoms with Crippen LogP contribution in [0, 0.1) is 5.92 Å². The number of anilines is 1. The highest BCUT2D eigenvalue weighted by Gasteiger charge is 2.36. The summed E-state index contributed by atoms with van der Waals surface area (Å²) in [5, 5.41) is 13.2. The first kappa shape index (κ1) is 29.2.